The van der Waals surface area contributed by atoms with Gasteiger partial charge in [-0.15, -0.1) is 0 Å². The number of aromatic nitrogens is 1. The third-order valence-electron chi connectivity index (χ3n) is 5.98. The Balaban J connectivity index is 1.48. The highest BCUT2D eigenvalue weighted by Gasteiger charge is 2.35. The van der Waals surface area contributed by atoms with Gasteiger partial charge in [-0.2, -0.15) is 13.2 Å². The van der Waals surface area contributed by atoms with Crippen LogP contribution < -0.4 is 16.0 Å². The Bertz CT molecular complexity index is 1060. The average molecular weight is 486 g/mol. The molecule has 1 unspecified atom stereocenters. The number of halogens is 4. The lowest BCUT2D eigenvalue weighted by Gasteiger charge is -2.37. The van der Waals surface area contributed by atoms with E-state index in [9.17, 15) is 18.0 Å². The monoisotopic (exact) mass is 485 g/mol. The number of amides is 1. The fourth-order valence-corrected chi connectivity index (χ4v) is 5.17. The number of nitrogens with one attached hydrogen (secondary N) is 1. The third kappa shape index (κ3) is 4.91. The van der Waals surface area contributed by atoms with E-state index in [0.29, 0.717) is 27.0 Å². The molecule has 1 aromatic heterocycles. The highest BCUT2D eigenvalue weighted by Crippen LogP contribution is 2.37. The van der Waals surface area contributed by atoms with Crippen LogP contribution in [-0.2, 0) is 11.0 Å². The van der Waals surface area contributed by atoms with Crippen LogP contribution in [0, 0.1) is 0 Å². The summed E-state index contributed by atoms with van der Waals surface area (Å²) in [4.78, 5) is 22.2. The lowest BCUT2D eigenvalue weighted by molar-refractivity contribution is -0.140. The number of aliphatic imine (C=N–C) groups is 1. The van der Waals surface area contributed by atoms with Crippen molar-refractivity contribution in [2.24, 2.45) is 10.7 Å². The molecule has 1 atom stereocenters. The van der Waals surface area contributed by atoms with Crippen LogP contribution in [0.2, 0.25) is 5.02 Å². The van der Waals surface area contributed by atoms with Crippen molar-refractivity contribution in [3.63, 3.8) is 0 Å². The summed E-state index contributed by atoms with van der Waals surface area (Å²) in [6.07, 6.45) is -1.61. The van der Waals surface area contributed by atoms with Crippen molar-refractivity contribution in [1.82, 2.24) is 10.3 Å². The topological polar surface area (TPSA) is 83.6 Å². The predicted octanol–water partition coefficient (Wildman–Crippen LogP) is 4.20. The van der Waals surface area contributed by atoms with Gasteiger partial charge >= 0.3 is 6.18 Å². The standard InChI is InChI=1S/C21H23ClF3N5OS/c1-30(13-5-3-12(4-6-13)27-19(31)16-10-32-20(26)29-16)17-9-18(21(23,24)25)28-15-7-2-11(22)8-14(15)17/h2,7-9,12-13,16H,3-6,10H2,1H3,(H2,26,29)(H,27,31). The van der Waals surface area contributed by atoms with Crippen LogP contribution in [-0.4, -0.2) is 47.0 Å². The molecule has 1 amide bonds. The van der Waals surface area contributed by atoms with E-state index >= 15 is 0 Å². The largest absolute Gasteiger partial charge is 0.433 e. The van der Waals surface area contributed by atoms with Crippen LogP contribution >= 0.6 is 23.4 Å². The maximum atomic E-state index is 13.4. The Hall–Kier alpha value is -2.20. The summed E-state index contributed by atoms with van der Waals surface area (Å²) in [5.41, 5.74) is 5.41. The second-order valence-corrected chi connectivity index (χ2v) is 9.58. The third-order valence-corrected chi connectivity index (χ3v) is 7.10. The highest BCUT2D eigenvalue weighted by atomic mass is 35.5. The van der Waals surface area contributed by atoms with Crippen molar-refractivity contribution in [2.45, 2.75) is 50.0 Å². The van der Waals surface area contributed by atoms with Gasteiger partial charge in [-0.05, 0) is 49.9 Å². The number of nitrogens with two attached hydrogens (primary N) is 1. The van der Waals surface area contributed by atoms with E-state index in [1.165, 1.54) is 23.9 Å². The van der Waals surface area contributed by atoms with Gasteiger partial charge in [0.1, 0.15) is 11.7 Å². The number of pyridine rings is 1. The van der Waals surface area contributed by atoms with E-state index in [4.69, 9.17) is 17.3 Å². The smallest absolute Gasteiger partial charge is 0.379 e. The molecule has 0 spiro atoms. The Kier molecular flexibility index (Phi) is 6.44. The molecule has 0 bridgehead atoms. The first-order chi connectivity index (χ1) is 15.1. The van der Waals surface area contributed by atoms with Crippen molar-refractivity contribution in [1.29, 1.82) is 0 Å². The van der Waals surface area contributed by atoms with Gasteiger partial charge in [0.15, 0.2) is 5.17 Å². The molecule has 1 aromatic carbocycles. The van der Waals surface area contributed by atoms with Gasteiger partial charge in [0.05, 0.1) is 5.52 Å². The lowest BCUT2D eigenvalue weighted by atomic mass is 9.89. The number of amidine groups is 1. The van der Waals surface area contributed by atoms with E-state index in [1.807, 2.05) is 4.90 Å². The van der Waals surface area contributed by atoms with Gasteiger partial charge in [-0.3, -0.25) is 4.79 Å². The minimum atomic E-state index is -4.55. The average Bonchev–Trinajstić information content (AvgIpc) is 3.19. The Morgan fingerprint density at radius 1 is 1.25 bits per heavy atom. The molecule has 3 N–H and O–H groups in total. The first-order valence-corrected chi connectivity index (χ1v) is 11.6. The molecule has 2 aromatic rings. The number of hydrogen-bond donors (Lipinski definition) is 2. The molecular weight excluding hydrogens is 463 g/mol. The molecule has 0 radical (unpaired) electrons. The van der Waals surface area contributed by atoms with Crippen molar-refractivity contribution in [3.05, 3.63) is 35.0 Å². The molecule has 1 aliphatic heterocycles. The molecule has 1 fully saturated rings. The summed E-state index contributed by atoms with van der Waals surface area (Å²) in [7, 11) is 1.80. The molecule has 2 aliphatic rings. The SMILES string of the molecule is CN(c1cc(C(F)(F)F)nc2ccc(Cl)cc12)C1CCC(NC(=O)C2CSC(N)=N2)CC1. The van der Waals surface area contributed by atoms with E-state index in [0.717, 1.165) is 31.7 Å². The number of nitrogens with zero attached hydrogens (tertiary/aromatic N) is 3. The number of alkyl halides is 3. The summed E-state index contributed by atoms with van der Waals surface area (Å²) in [6.45, 7) is 0. The van der Waals surface area contributed by atoms with Crippen LogP contribution in [0.3, 0.4) is 0 Å². The van der Waals surface area contributed by atoms with Crippen LogP contribution in [0.4, 0.5) is 18.9 Å². The number of anilines is 1. The van der Waals surface area contributed by atoms with E-state index in [-0.39, 0.29) is 23.5 Å². The number of rotatable bonds is 4. The fraction of sp³-hybridized carbons (Fsp3) is 0.476. The first kappa shape index (κ1) is 23.0. The van der Waals surface area contributed by atoms with Crippen LogP contribution in [0.5, 0.6) is 0 Å². The number of hydrogen-bond acceptors (Lipinski definition) is 6. The number of carbonyl (C=O) groups is 1. The van der Waals surface area contributed by atoms with E-state index in [2.05, 4.69) is 15.3 Å². The highest BCUT2D eigenvalue weighted by molar-refractivity contribution is 8.14. The Morgan fingerprint density at radius 2 is 1.97 bits per heavy atom. The van der Waals surface area contributed by atoms with Crippen molar-refractivity contribution >= 4 is 51.0 Å². The minimum Gasteiger partial charge on any atom is -0.379 e. The van der Waals surface area contributed by atoms with Crippen molar-refractivity contribution in [2.75, 3.05) is 17.7 Å². The maximum Gasteiger partial charge on any atom is 0.433 e. The number of carbonyl (C=O) groups excluding carboxylic acids is 1. The maximum absolute atomic E-state index is 13.4. The molecule has 1 saturated carbocycles. The normalized spacial score (nSPS) is 23.8. The van der Waals surface area contributed by atoms with Crippen LogP contribution in [0.25, 0.3) is 10.9 Å². The quantitative estimate of drug-likeness (QED) is 0.678. The van der Waals surface area contributed by atoms with E-state index in [1.54, 1.807) is 13.1 Å². The summed E-state index contributed by atoms with van der Waals surface area (Å²) in [5, 5.41) is 4.49. The van der Waals surface area contributed by atoms with Gasteiger partial charge in [-0.1, -0.05) is 23.4 Å². The second-order valence-electron chi connectivity index (χ2n) is 8.10. The van der Waals surface area contributed by atoms with E-state index < -0.39 is 17.9 Å². The fourth-order valence-electron chi connectivity index (χ4n) is 4.25. The number of thioether (sulfide) groups is 1. The number of benzene rings is 1. The molecule has 32 heavy (non-hydrogen) atoms. The summed E-state index contributed by atoms with van der Waals surface area (Å²) < 4.78 is 40.3. The first-order valence-electron chi connectivity index (χ1n) is 10.3. The van der Waals surface area contributed by atoms with Gasteiger partial charge in [0, 0.05) is 41.0 Å². The molecule has 172 valence electrons. The molecule has 2 heterocycles. The number of fused-ring (bicyclic) bond motifs is 1. The summed E-state index contributed by atoms with van der Waals surface area (Å²) >= 11 is 7.48. The zero-order valence-corrected chi connectivity index (χ0v) is 18.9. The molecular formula is C21H23ClF3N5OS. The van der Waals surface area contributed by atoms with Gasteiger partial charge < -0.3 is 16.0 Å². The zero-order valence-electron chi connectivity index (χ0n) is 17.3. The minimum absolute atomic E-state index is 0.0172. The predicted molar refractivity (Wildman–Crippen MR) is 122 cm³/mol. The Morgan fingerprint density at radius 3 is 2.59 bits per heavy atom. The molecule has 6 nitrogen and oxygen atoms in total. The lowest BCUT2D eigenvalue weighted by Crippen LogP contribution is -2.45. The van der Waals surface area contributed by atoms with Crippen LogP contribution in [0.1, 0.15) is 31.4 Å². The molecule has 11 heteroatoms. The molecule has 1 aliphatic carbocycles. The van der Waals surface area contributed by atoms with Crippen LogP contribution in [0.15, 0.2) is 29.3 Å². The summed E-state index contributed by atoms with van der Waals surface area (Å²) in [6, 6.07) is 5.38. The van der Waals surface area contributed by atoms with Crippen molar-refractivity contribution < 1.29 is 18.0 Å². The summed E-state index contributed by atoms with van der Waals surface area (Å²) in [5.74, 6) is 0.425. The molecule has 0 saturated heterocycles. The van der Waals surface area contributed by atoms with Gasteiger partial charge in [0.25, 0.3) is 0 Å². The Labute approximate surface area is 192 Å². The van der Waals surface area contributed by atoms with Crippen molar-refractivity contribution in [3.8, 4) is 0 Å². The zero-order chi connectivity index (χ0) is 23.0. The van der Waals surface area contributed by atoms with Gasteiger partial charge in [0.2, 0.25) is 5.91 Å². The molecule has 4 rings (SSSR count). The second kappa shape index (κ2) is 8.97. The van der Waals surface area contributed by atoms with Gasteiger partial charge in [-0.25, -0.2) is 9.98 Å².